The van der Waals surface area contributed by atoms with Gasteiger partial charge in [-0.05, 0) is 53.9 Å². The third-order valence-corrected chi connectivity index (χ3v) is 3.40. The first-order valence-corrected chi connectivity index (χ1v) is 6.76. The molecule has 0 atom stereocenters. The molecule has 0 aromatic heterocycles. The van der Waals surface area contributed by atoms with Crippen LogP contribution in [0.5, 0.6) is 5.75 Å². The quantitative estimate of drug-likeness (QED) is 0.925. The third-order valence-electron chi connectivity index (χ3n) is 2.91. The normalized spacial score (nSPS) is 10.5. The molecule has 0 bridgehead atoms. The van der Waals surface area contributed by atoms with Crippen molar-refractivity contribution in [3.05, 3.63) is 63.4 Å². The summed E-state index contributed by atoms with van der Waals surface area (Å²) in [5, 5.41) is 0. The smallest absolute Gasteiger partial charge is 0.123 e. The van der Waals surface area contributed by atoms with Crippen LogP contribution in [0.15, 0.2) is 40.9 Å². The molecule has 0 saturated carbocycles. The molecule has 2 aromatic carbocycles. The molecule has 0 aliphatic heterocycles. The van der Waals surface area contributed by atoms with Gasteiger partial charge in [0.25, 0.3) is 0 Å². The lowest BCUT2D eigenvalue weighted by atomic mass is 10.1. The average Bonchev–Trinajstić information content (AvgIpc) is 2.39. The summed E-state index contributed by atoms with van der Waals surface area (Å²) in [5.41, 5.74) is 8.34. The maximum absolute atomic E-state index is 13.1. The van der Waals surface area contributed by atoms with E-state index < -0.39 is 0 Å². The van der Waals surface area contributed by atoms with Crippen LogP contribution in [-0.2, 0) is 13.2 Å². The molecule has 0 saturated heterocycles. The SMILES string of the molecule is Cc1cc(Br)ccc1OCc1ccc(F)cc1CN. The number of rotatable bonds is 4. The summed E-state index contributed by atoms with van der Waals surface area (Å²) < 4.78 is 19.9. The molecule has 0 aliphatic carbocycles. The molecule has 100 valence electrons. The van der Waals surface area contributed by atoms with E-state index in [0.29, 0.717) is 13.2 Å². The molecule has 0 fully saturated rings. The molecule has 2 aromatic rings. The number of benzene rings is 2. The topological polar surface area (TPSA) is 35.2 Å². The van der Waals surface area contributed by atoms with Crippen molar-refractivity contribution >= 4 is 15.9 Å². The van der Waals surface area contributed by atoms with Crippen molar-refractivity contribution in [1.29, 1.82) is 0 Å². The van der Waals surface area contributed by atoms with E-state index in [1.54, 1.807) is 6.07 Å². The van der Waals surface area contributed by atoms with Crippen LogP contribution in [0.4, 0.5) is 4.39 Å². The lowest BCUT2D eigenvalue weighted by Gasteiger charge is -2.12. The second-order valence-electron chi connectivity index (χ2n) is 4.32. The summed E-state index contributed by atoms with van der Waals surface area (Å²) in [6.07, 6.45) is 0. The van der Waals surface area contributed by atoms with Crippen molar-refractivity contribution < 1.29 is 9.13 Å². The molecule has 0 radical (unpaired) electrons. The highest BCUT2D eigenvalue weighted by molar-refractivity contribution is 9.10. The zero-order valence-corrected chi connectivity index (χ0v) is 12.2. The number of aryl methyl sites for hydroxylation is 1. The number of halogens is 2. The Morgan fingerprint density at radius 1 is 1.16 bits per heavy atom. The Bertz CT molecular complexity index is 586. The Kier molecular flexibility index (Phi) is 4.56. The molecule has 4 heteroatoms. The van der Waals surface area contributed by atoms with Crippen LogP contribution < -0.4 is 10.5 Å². The van der Waals surface area contributed by atoms with Crippen LogP contribution in [0.3, 0.4) is 0 Å². The predicted octanol–water partition coefficient (Wildman–Crippen LogP) is 3.93. The van der Waals surface area contributed by atoms with Gasteiger partial charge in [-0.25, -0.2) is 4.39 Å². The van der Waals surface area contributed by atoms with E-state index in [0.717, 1.165) is 26.9 Å². The first-order valence-electron chi connectivity index (χ1n) is 5.96. The highest BCUT2D eigenvalue weighted by Gasteiger charge is 2.05. The Labute approximate surface area is 120 Å². The summed E-state index contributed by atoms with van der Waals surface area (Å²) in [6.45, 7) is 2.67. The first kappa shape index (κ1) is 14.0. The monoisotopic (exact) mass is 323 g/mol. The second-order valence-corrected chi connectivity index (χ2v) is 5.23. The minimum absolute atomic E-state index is 0.274. The van der Waals surface area contributed by atoms with Gasteiger partial charge in [0.15, 0.2) is 0 Å². The molecule has 0 amide bonds. The zero-order valence-electron chi connectivity index (χ0n) is 10.6. The molecular weight excluding hydrogens is 309 g/mol. The maximum Gasteiger partial charge on any atom is 0.123 e. The molecule has 0 aliphatic rings. The van der Waals surface area contributed by atoms with Gasteiger partial charge in [-0.1, -0.05) is 22.0 Å². The minimum Gasteiger partial charge on any atom is -0.489 e. The minimum atomic E-state index is -0.274. The Hall–Kier alpha value is -1.39. The lowest BCUT2D eigenvalue weighted by molar-refractivity contribution is 0.302. The fourth-order valence-corrected chi connectivity index (χ4v) is 2.33. The van der Waals surface area contributed by atoms with Crippen molar-refractivity contribution in [1.82, 2.24) is 0 Å². The third kappa shape index (κ3) is 3.55. The van der Waals surface area contributed by atoms with E-state index in [9.17, 15) is 4.39 Å². The Morgan fingerprint density at radius 3 is 2.63 bits per heavy atom. The van der Waals surface area contributed by atoms with Gasteiger partial charge in [0.2, 0.25) is 0 Å². The van der Waals surface area contributed by atoms with E-state index in [-0.39, 0.29) is 5.82 Å². The summed E-state index contributed by atoms with van der Waals surface area (Å²) >= 11 is 3.41. The molecular formula is C15H15BrFNO. The number of nitrogens with two attached hydrogens (primary N) is 1. The first-order chi connectivity index (χ1) is 9.10. The zero-order chi connectivity index (χ0) is 13.8. The van der Waals surface area contributed by atoms with Crippen LogP contribution in [-0.4, -0.2) is 0 Å². The van der Waals surface area contributed by atoms with E-state index in [4.69, 9.17) is 10.5 Å². The van der Waals surface area contributed by atoms with Crippen molar-refractivity contribution in [2.45, 2.75) is 20.1 Å². The molecule has 0 heterocycles. The van der Waals surface area contributed by atoms with Gasteiger partial charge >= 0.3 is 0 Å². The van der Waals surface area contributed by atoms with Gasteiger partial charge < -0.3 is 10.5 Å². The number of hydrogen-bond donors (Lipinski definition) is 1. The van der Waals surface area contributed by atoms with Crippen molar-refractivity contribution in [3.8, 4) is 5.75 Å². The van der Waals surface area contributed by atoms with Crippen molar-refractivity contribution in [3.63, 3.8) is 0 Å². The molecule has 0 unspecified atom stereocenters. The largest absolute Gasteiger partial charge is 0.489 e. The fraction of sp³-hybridized carbons (Fsp3) is 0.200. The molecule has 2 rings (SSSR count). The number of ether oxygens (including phenoxy) is 1. The molecule has 2 N–H and O–H groups in total. The van der Waals surface area contributed by atoms with Gasteiger partial charge in [-0.2, -0.15) is 0 Å². The average molecular weight is 324 g/mol. The van der Waals surface area contributed by atoms with Gasteiger partial charge in [-0.15, -0.1) is 0 Å². The Morgan fingerprint density at radius 2 is 1.95 bits per heavy atom. The molecule has 19 heavy (non-hydrogen) atoms. The van der Waals surface area contributed by atoms with Crippen LogP contribution in [0.2, 0.25) is 0 Å². The lowest BCUT2D eigenvalue weighted by Crippen LogP contribution is -2.05. The molecule has 0 spiro atoms. The highest BCUT2D eigenvalue weighted by atomic mass is 79.9. The summed E-state index contributed by atoms with van der Waals surface area (Å²) in [6, 6.07) is 10.4. The van der Waals surface area contributed by atoms with Crippen LogP contribution >= 0.6 is 15.9 Å². The molecule has 2 nitrogen and oxygen atoms in total. The second kappa shape index (κ2) is 6.17. The fourth-order valence-electron chi connectivity index (χ4n) is 1.86. The summed E-state index contributed by atoms with van der Waals surface area (Å²) in [4.78, 5) is 0. The predicted molar refractivity (Wildman–Crippen MR) is 77.5 cm³/mol. The van der Waals surface area contributed by atoms with Crippen LogP contribution in [0.25, 0.3) is 0 Å². The van der Waals surface area contributed by atoms with Gasteiger partial charge in [0.05, 0.1) is 0 Å². The summed E-state index contributed by atoms with van der Waals surface area (Å²) in [7, 11) is 0. The van der Waals surface area contributed by atoms with E-state index in [2.05, 4.69) is 15.9 Å². The van der Waals surface area contributed by atoms with Gasteiger partial charge in [0.1, 0.15) is 18.2 Å². The van der Waals surface area contributed by atoms with Crippen LogP contribution in [0, 0.1) is 12.7 Å². The van der Waals surface area contributed by atoms with E-state index >= 15 is 0 Å². The highest BCUT2D eigenvalue weighted by Crippen LogP contribution is 2.23. The van der Waals surface area contributed by atoms with Gasteiger partial charge in [-0.3, -0.25) is 0 Å². The van der Waals surface area contributed by atoms with Crippen LogP contribution in [0.1, 0.15) is 16.7 Å². The maximum atomic E-state index is 13.1. The van der Waals surface area contributed by atoms with E-state index in [1.807, 2.05) is 25.1 Å². The standard InChI is InChI=1S/C15H15BrFNO/c1-10-6-13(16)3-5-15(10)19-9-11-2-4-14(17)7-12(11)8-18/h2-7H,8-9,18H2,1H3. The van der Waals surface area contributed by atoms with Crippen molar-refractivity contribution in [2.24, 2.45) is 5.73 Å². The van der Waals surface area contributed by atoms with Crippen molar-refractivity contribution in [2.75, 3.05) is 0 Å². The van der Waals surface area contributed by atoms with Gasteiger partial charge in [0, 0.05) is 11.0 Å². The summed E-state index contributed by atoms with van der Waals surface area (Å²) in [5.74, 6) is 0.541. The Balaban J connectivity index is 2.14. The number of hydrogen-bond acceptors (Lipinski definition) is 2. The van der Waals surface area contributed by atoms with E-state index in [1.165, 1.54) is 12.1 Å².